The molecule has 0 spiro atoms. The summed E-state index contributed by atoms with van der Waals surface area (Å²) in [4.78, 5) is 4.12. The summed E-state index contributed by atoms with van der Waals surface area (Å²) in [6.07, 6.45) is 5.02. The molecule has 1 aromatic carbocycles. The normalized spacial score (nSPS) is 20.3. The lowest BCUT2D eigenvalue weighted by molar-refractivity contribution is 0.0468. The minimum absolute atomic E-state index is 0.159. The molecule has 1 aliphatic rings. The summed E-state index contributed by atoms with van der Waals surface area (Å²) < 4.78 is 1.95. The van der Waals surface area contributed by atoms with Crippen LogP contribution in [0.4, 0.5) is 0 Å². The van der Waals surface area contributed by atoms with E-state index in [4.69, 9.17) is 10.5 Å². The third-order valence-corrected chi connectivity index (χ3v) is 4.05. The molecule has 0 saturated carbocycles. The van der Waals surface area contributed by atoms with Crippen LogP contribution in [0.1, 0.15) is 35.2 Å². The van der Waals surface area contributed by atoms with E-state index < -0.39 is 5.60 Å². The zero-order valence-electron chi connectivity index (χ0n) is 11.5. The lowest BCUT2D eigenvalue weighted by atomic mass is 9.82. The molecular weight excluding hydrogens is 264 g/mol. The number of nitrogens with zero attached hydrogens (tertiary/aromatic N) is 4. The molecule has 3 rings (SSSR count). The van der Waals surface area contributed by atoms with Crippen molar-refractivity contribution < 1.29 is 5.11 Å². The van der Waals surface area contributed by atoms with Crippen molar-refractivity contribution in [1.29, 1.82) is 10.5 Å². The average Bonchev–Trinajstić information content (AvgIpc) is 2.98. The Balaban J connectivity index is 2.12. The highest BCUT2D eigenvalue weighted by Crippen LogP contribution is 2.38. The van der Waals surface area contributed by atoms with E-state index in [0.29, 0.717) is 23.1 Å². The van der Waals surface area contributed by atoms with Crippen LogP contribution in [0.3, 0.4) is 0 Å². The molecular formula is C16H14N4O. The van der Waals surface area contributed by atoms with E-state index in [9.17, 15) is 5.11 Å². The van der Waals surface area contributed by atoms with Crippen LogP contribution >= 0.6 is 0 Å². The lowest BCUT2D eigenvalue weighted by Crippen LogP contribution is -2.34. The maximum Gasteiger partial charge on any atom is 0.131 e. The van der Waals surface area contributed by atoms with Crippen LogP contribution in [0.25, 0.3) is 0 Å². The van der Waals surface area contributed by atoms with Crippen LogP contribution in [-0.4, -0.2) is 14.7 Å². The average molecular weight is 278 g/mol. The van der Waals surface area contributed by atoms with E-state index in [1.165, 1.54) is 0 Å². The van der Waals surface area contributed by atoms with Crippen LogP contribution in [-0.2, 0) is 18.6 Å². The fourth-order valence-corrected chi connectivity index (χ4v) is 2.96. The molecule has 1 unspecified atom stereocenters. The fraction of sp³-hybridized carbons (Fsp3) is 0.312. The van der Waals surface area contributed by atoms with Gasteiger partial charge in [-0.05, 0) is 30.0 Å². The van der Waals surface area contributed by atoms with Gasteiger partial charge in [-0.15, -0.1) is 0 Å². The number of nitriles is 2. The van der Waals surface area contributed by atoms with Gasteiger partial charge in [-0.25, -0.2) is 4.98 Å². The topological polar surface area (TPSA) is 85.6 Å². The van der Waals surface area contributed by atoms with E-state index in [1.54, 1.807) is 30.7 Å². The Hall–Kier alpha value is -2.63. The van der Waals surface area contributed by atoms with E-state index in [0.717, 1.165) is 18.7 Å². The van der Waals surface area contributed by atoms with Crippen molar-refractivity contribution in [2.75, 3.05) is 0 Å². The Morgan fingerprint density at radius 2 is 2.24 bits per heavy atom. The first kappa shape index (κ1) is 13.4. The minimum atomic E-state index is -1.10. The van der Waals surface area contributed by atoms with Crippen LogP contribution in [0.5, 0.6) is 0 Å². The maximum atomic E-state index is 11.1. The van der Waals surface area contributed by atoms with Gasteiger partial charge in [-0.3, -0.25) is 0 Å². The second-order valence-corrected chi connectivity index (χ2v) is 5.25. The molecule has 1 aliphatic heterocycles. The van der Waals surface area contributed by atoms with Gasteiger partial charge in [0.25, 0.3) is 0 Å². The van der Waals surface area contributed by atoms with Gasteiger partial charge in [0.05, 0.1) is 42.3 Å². The summed E-state index contributed by atoms with van der Waals surface area (Å²) in [7, 11) is 0. The van der Waals surface area contributed by atoms with Gasteiger partial charge in [0, 0.05) is 6.54 Å². The third-order valence-electron chi connectivity index (χ3n) is 4.05. The number of rotatable bonds is 2. The second kappa shape index (κ2) is 5.05. The van der Waals surface area contributed by atoms with E-state index in [-0.39, 0.29) is 6.42 Å². The highest BCUT2D eigenvalue weighted by molar-refractivity contribution is 5.45. The van der Waals surface area contributed by atoms with Gasteiger partial charge in [0.15, 0.2) is 0 Å². The standard InChI is InChI=1S/C16H14N4O/c17-6-4-12-8-14(3-2-13(12)9-18)16(21)5-1-7-20-11-19-10-15(16)20/h2-3,8,10-11,21H,1,4-5,7H2. The summed E-state index contributed by atoms with van der Waals surface area (Å²) in [6, 6.07) is 9.36. The first-order valence-electron chi connectivity index (χ1n) is 6.82. The van der Waals surface area contributed by atoms with Crippen LogP contribution in [0.2, 0.25) is 0 Å². The molecule has 5 nitrogen and oxygen atoms in total. The Morgan fingerprint density at radius 3 is 3.00 bits per heavy atom. The molecule has 5 heteroatoms. The zero-order chi connectivity index (χ0) is 14.9. The van der Waals surface area contributed by atoms with Gasteiger partial charge < -0.3 is 9.67 Å². The summed E-state index contributed by atoms with van der Waals surface area (Å²) in [5.41, 5.74) is 1.51. The van der Waals surface area contributed by atoms with Crippen LogP contribution < -0.4 is 0 Å². The SMILES string of the molecule is N#CCc1cc(C2(O)CCCn3cncc32)ccc1C#N. The number of fused-ring (bicyclic) bond motifs is 1. The van der Waals surface area contributed by atoms with Gasteiger partial charge >= 0.3 is 0 Å². The monoisotopic (exact) mass is 278 g/mol. The molecule has 0 aliphatic carbocycles. The molecule has 1 aromatic heterocycles. The van der Waals surface area contributed by atoms with Crippen molar-refractivity contribution in [3.63, 3.8) is 0 Å². The molecule has 0 fully saturated rings. The van der Waals surface area contributed by atoms with E-state index in [1.807, 2.05) is 4.57 Å². The summed E-state index contributed by atoms with van der Waals surface area (Å²) >= 11 is 0. The first-order chi connectivity index (χ1) is 10.2. The number of hydrogen-bond donors (Lipinski definition) is 1. The number of hydrogen-bond acceptors (Lipinski definition) is 4. The second-order valence-electron chi connectivity index (χ2n) is 5.25. The molecule has 2 heterocycles. The van der Waals surface area contributed by atoms with Gasteiger partial charge in [0.2, 0.25) is 0 Å². The molecule has 1 atom stereocenters. The zero-order valence-corrected chi connectivity index (χ0v) is 11.5. The summed E-state index contributed by atoms with van der Waals surface area (Å²) in [5.74, 6) is 0. The quantitative estimate of drug-likeness (QED) is 0.908. The van der Waals surface area contributed by atoms with Crippen molar-refractivity contribution in [2.24, 2.45) is 0 Å². The molecule has 1 N–H and O–H groups in total. The Kier molecular flexibility index (Phi) is 3.21. The molecule has 0 saturated heterocycles. The molecule has 0 bridgehead atoms. The maximum absolute atomic E-state index is 11.1. The summed E-state index contributed by atoms with van der Waals surface area (Å²) in [6.45, 7) is 0.846. The molecule has 21 heavy (non-hydrogen) atoms. The smallest absolute Gasteiger partial charge is 0.131 e. The van der Waals surface area contributed by atoms with E-state index >= 15 is 0 Å². The van der Waals surface area contributed by atoms with Gasteiger partial charge in [-0.1, -0.05) is 12.1 Å². The molecule has 0 amide bonds. The largest absolute Gasteiger partial charge is 0.379 e. The minimum Gasteiger partial charge on any atom is -0.379 e. The highest BCUT2D eigenvalue weighted by atomic mass is 16.3. The van der Waals surface area contributed by atoms with Crippen LogP contribution in [0.15, 0.2) is 30.7 Å². The van der Waals surface area contributed by atoms with E-state index in [2.05, 4.69) is 17.1 Å². The number of aromatic nitrogens is 2. The Labute approximate surface area is 122 Å². The number of benzene rings is 1. The number of aliphatic hydroxyl groups is 1. The van der Waals surface area contributed by atoms with Crippen molar-refractivity contribution in [3.05, 3.63) is 53.1 Å². The van der Waals surface area contributed by atoms with Crippen molar-refractivity contribution in [2.45, 2.75) is 31.4 Å². The lowest BCUT2D eigenvalue weighted by Gasteiger charge is -2.34. The highest BCUT2D eigenvalue weighted by Gasteiger charge is 2.37. The first-order valence-corrected chi connectivity index (χ1v) is 6.82. The van der Waals surface area contributed by atoms with Gasteiger partial charge in [-0.2, -0.15) is 10.5 Å². The molecule has 2 aromatic rings. The van der Waals surface area contributed by atoms with Crippen molar-refractivity contribution in [3.8, 4) is 12.1 Å². The van der Waals surface area contributed by atoms with Crippen LogP contribution in [0, 0.1) is 22.7 Å². The molecule has 104 valence electrons. The fourth-order valence-electron chi connectivity index (χ4n) is 2.96. The van der Waals surface area contributed by atoms with Crippen molar-refractivity contribution >= 4 is 0 Å². The number of aryl methyl sites for hydroxylation is 1. The predicted molar refractivity (Wildman–Crippen MR) is 74.9 cm³/mol. The predicted octanol–water partition coefficient (Wildman–Crippen LogP) is 1.85. The van der Waals surface area contributed by atoms with Gasteiger partial charge in [0.1, 0.15) is 5.60 Å². The third kappa shape index (κ3) is 2.08. The molecule has 0 radical (unpaired) electrons. The summed E-state index contributed by atoms with van der Waals surface area (Å²) in [5, 5.41) is 29.1. The van der Waals surface area contributed by atoms with Crippen molar-refractivity contribution in [1.82, 2.24) is 9.55 Å². The Bertz CT molecular complexity index is 765. The number of imidazole rings is 1. The Morgan fingerprint density at radius 1 is 1.38 bits per heavy atom.